The molecule has 2 aliphatic heterocycles. The van der Waals surface area contributed by atoms with Gasteiger partial charge in [-0.05, 0) is 54.8 Å². The summed E-state index contributed by atoms with van der Waals surface area (Å²) in [7, 11) is 2.13. The molecule has 177 valence electrons. The van der Waals surface area contributed by atoms with E-state index in [1.54, 1.807) is 18.2 Å². The van der Waals surface area contributed by atoms with Crippen molar-refractivity contribution in [2.45, 2.75) is 50.8 Å². The zero-order chi connectivity index (χ0) is 24.3. The van der Waals surface area contributed by atoms with Crippen LogP contribution in [0.15, 0.2) is 41.6 Å². The highest BCUT2D eigenvalue weighted by atomic mass is 35.5. The number of carbonyl (C=O) groups is 2. The smallest absolute Gasteiger partial charge is 0.251 e. The number of aryl methyl sites for hydroxylation is 1. The standard InChI is InChI=1S/C25H28BClN3O4/c1-3-6-25(17-8-19(27)10-20(31)9-17)11-22(30-34-25)16-4-5-21(15(2)7-16)24(33)29-14-23(32)28-13-18-12-26-18/h4-5,7-10,18,31H,3,6,11-14H2,1-2H3,(H,28,32)(H,29,33). The van der Waals surface area contributed by atoms with Gasteiger partial charge in [0.2, 0.25) is 5.91 Å². The highest BCUT2D eigenvalue weighted by molar-refractivity contribution is 6.51. The lowest BCUT2D eigenvalue weighted by atomic mass is 9.83. The van der Waals surface area contributed by atoms with E-state index in [1.807, 2.05) is 19.1 Å². The zero-order valence-corrected chi connectivity index (χ0v) is 20.1. The molecule has 0 bridgehead atoms. The van der Waals surface area contributed by atoms with Crippen molar-refractivity contribution >= 4 is 36.4 Å². The topological polar surface area (TPSA) is 100 Å². The van der Waals surface area contributed by atoms with Crippen molar-refractivity contribution in [3.8, 4) is 5.75 Å². The first-order valence-electron chi connectivity index (χ1n) is 11.5. The summed E-state index contributed by atoms with van der Waals surface area (Å²) in [6, 6.07) is 10.4. The summed E-state index contributed by atoms with van der Waals surface area (Å²) in [5.74, 6) is 0.0644. The Labute approximate surface area is 205 Å². The second-order valence-corrected chi connectivity index (χ2v) is 9.43. The summed E-state index contributed by atoms with van der Waals surface area (Å²) < 4.78 is 0. The van der Waals surface area contributed by atoms with Gasteiger partial charge in [0.05, 0.1) is 12.3 Å². The Morgan fingerprint density at radius 1 is 1.26 bits per heavy atom. The van der Waals surface area contributed by atoms with Gasteiger partial charge in [-0.2, -0.15) is 0 Å². The molecule has 3 N–H and O–H groups in total. The lowest BCUT2D eigenvalue weighted by molar-refractivity contribution is -0.120. The maximum Gasteiger partial charge on any atom is 0.251 e. The Balaban J connectivity index is 1.43. The summed E-state index contributed by atoms with van der Waals surface area (Å²) in [6.45, 7) is 4.49. The molecule has 0 spiro atoms. The molecule has 2 aliphatic rings. The van der Waals surface area contributed by atoms with Crippen molar-refractivity contribution in [1.82, 2.24) is 10.6 Å². The Morgan fingerprint density at radius 3 is 2.74 bits per heavy atom. The largest absolute Gasteiger partial charge is 0.508 e. The van der Waals surface area contributed by atoms with E-state index in [-0.39, 0.29) is 24.1 Å². The molecular weight excluding hydrogens is 453 g/mol. The monoisotopic (exact) mass is 480 g/mol. The predicted octanol–water partition coefficient (Wildman–Crippen LogP) is 3.94. The van der Waals surface area contributed by atoms with Crippen LogP contribution in [0.2, 0.25) is 17.2 Å². The fourth-order valence-corrected chi connectivity index (χ4v) is 4.46. The molecule has 34 heavy (non-hydrogen) atoms. The van der Waals surface area contributed by atoms with Gasteiger partial charge in [-0.1, -0.05) is 48.3 Å². The number of nitrogens with one attached hydrogen (secondary N) is 2. The molecule has 2 atom stereocenters. The first-order chi connectivity index (χ1) is 16.3. The van der Waals surface area contributed by atoms with Gasteiger partial charge in [0.1, 0.15) is 13.0 Å². The maximum atomic E-state index is 12.6. The number of phenolic OH excluding ortho intramolecular Hbond substituents is 1. The van der Waals surface area contributed by atoms with E-state index in [1.165, 1.54) is 6.07 Å². The minimum absolute atomic E-state index is 0.0562. The molecule has 1 saturated heterocycles. The first-order valence-corrected chi connectivity index (χ1v) is 11.9. The second-order valence-electron chi connectivity index (χ2n) is 9.00. The number of halogens is 1. The second kappa shape index (κ2) is 10.1. The van der Waals surface area contributed by atoms with Crippen molar-refractivity contribution in [1.29, 1.82) is 0 Å². The SMILES string of the molecule is CCCC1(c2cc(O)cc(Cl)c2)CC(c2ccc(C(=O)NCC(=O)NCC3[B]C3)c(C)c2)=NO1. The third-order valence-corrected chi connectivity index (χ3v) is 6.41. The first kappa shape index (κ1) is 24.1. The summed E-state index contributed by atoms with van der Waals surface area (Å²) in [4.78, 5) is 30.5. The quantitative estimate of drug-likeness (QED) is 0.473. The normalized spacial score (nSPS) is 20.7. The van der Waals surface area contributed by atoms with Crippen molar-refractivity contribution < 1.29 is 19.5 Å². The zero-order valence-electron chi connectivity index (χ0n) is 19.4. The molecule has 2 heterocycles. The summed E-state index contributed by atoms with van der Waals surface area (Å²) in [6.07, 6.45) is 3.13. The van der Waals surface area contributed by atoms with E-state index in [4.69, 9.17) is 16.4 Å². The molecule has 2 unspecified atom stereocenters. The van der Waals surface area contributed by atoms with E-state index >= 15 is 0 Å². The van der Waals surface area contributed by atoms with E-state index in [9.17, 15) is 14.7 Å². The molecule has 1 fully saturated rings. The average molecular weight is 481 g/mol. The number of hydrogen-bond acceptors (Lipinski definition) is 5. The number of nitrogens with zero attached hydrogens (tertiary/aromatic N) is 1. The van der Waals surface area contributed by atoms with Crippen LogP contribution in [0.1, 0.15) is 53.2 Å². The van der Waals surface area contributed by atoms with E-state index in [0.717, 1.165) is 35.1 Å². The Hall–Kier alpha value is -3.00. The minimum Gasteiger partial charge on any atom is -0.508 e. The van der Waals surface area contributed by atoms with Gasteiger partial charge in [0.25, 0.3) is 5.91 Å². The Kier molecular flexibility index (Phi) is 7.17. The third kappa shape index (κ3) is 5.55. The van der Waals surface area contributed by atoms with Crippen LogP contribution in [-0.2, 0) is 15.2 Å². The van der Waals surface area contributed by atoms with E-state index in [2.05, 4.69) is 30.0 Å². The number of phenols is 1. The van der Waals surface area contributed by atoms with Crippen molar-refractivity contribution in [3.05, 3.63) is 63.7 Å². The summed E-state index contributed by atoms with van der Waals surface area (Å²) in [5, 5.41) is 20.3. The molecule has 0 aromatic heterocycles. The number of benzene rings is 2. The van der Waals surface area contributed by atoms with Crippen LogP contribution < -0.4 is 10.6 Å². The number of rotatable bonds is 9. The van der Waals surface area contributed by atoms with Crippen molar-refractivity contribution in [3.63, 3.8) is 0 Å². The summed E-state index contributed by atoms with van der Waals surface area (Å²) >= 11 is 6.17. The molecule has 2 amide bonds. The van der Waals surface area contributed by atoms with Gasteiger partial charge in [0, 0.05) is 29.1 Å². The number of hydrogen-bond donors (Lipinski definition) is 3. The van der Waals surface area contributed by atoms with Crippen LogP contribution in [0.5, 0.6) is 5.75 Å². The van der Waals surface area contributed by atoms with Gasteiger partial charge in [-0.3, -0.25) is 9.59 Å². The van der Waals surface area contributed by atoms with Crippen LogP contribution in [0.4, 0.5) is 0 Å². The molecule has 1 radical (unpaired) electrons. The van der Waals surface area contributed by atoms with Crippen LogP contribution in [0.3, 0.4) is 0 Å². The minimum atomic E-state index is -0.706. The maximum absolute atomic E-state index is 12.6. The van der Waals surface area contributed by atoms with Gasteiger partial charge in [0.15, 0.2) is 5.60 Å². The Bertz CT molecular complexity index is 1110. The molecule has 0 aliphatic carbocycles. The third-order valence-electron chi connectivity index (χ3n) is 6.19. The molecule has 0 saturated carbocycles. The van der Waals surface area contributed by atoms with Gasteiger partial charge in [-0.25, -0.2) is 0 Å². The van der Waals surface area contributed by atoms with Crippen LogP contribution in [0, 0.1) is 6.92 Å². The fourth-order valence-electron chi connectivity index (χ4n) is 4.23. The van der Waals surface area contributed by atoms with Crippen LogP contribution >= 0.6 is 11.6 Å². The van der Waals surface area contributed by atoms with Crippen molar-refractivity contribution in [2.75, 3.05) is 13.1 Å². The predicted molar refractivity (Wildman–Crippen MR) is 133 cm³/mol. The molecule has 2 aromatic rings. The highest BCUT2D eigenvalue weighted by Gasteiger charge is 2.41. The lowest BCUT2D eigenvalue weighted by Crippen LogP contribution is -2.37. The fraction of sp³-hybridized carbons (Fsp3) is 0.400. The van der Waals surface area contributed by atoms with Crippen LogP contribution in [-0.4, -0.2) is 43.0 Å². The molecular formula is C25H28BClN3O4. The molecule has 2 aromatic carbocycles. The van der Waals surface area contributed by atoms with E-state index in [0.29, 0.717) is 35.8 Å². The van der Waals surface area contributed by atoms with Crippen LogP contribution in [0.25, 0.3) is 0 Å². The molecule has 9 heteroatoms. The van der Waals surface area contributed by atoms with Crippen molar-refractivity contribution in [2.24, 2.45) is 5.16 Å². The van der Waals surface area contributed by atoms with Gasteiger partial charge >= 0.3 is 0 Å². The van der Waals surface area contributed by atoms with Gasteiger partial charge < -0.3 is 20.6 Å². The number of aromatic hydroxyl groups is 1. The van der Waals surface area contributed by atoms with Gasteiger partial charge in [-0.15, -0.1) is 0 Å². The highest BCUT2D eigenvalue weighted by Crippen LogP contribution is 2.42. The molecule has 7 nitrogen and oxygen atoms in total. The Morgan fingerprint density at radius 2 is 2.06 bits per heavy atom. The average Bonchev–Trinajstić information content (AvgIpc) is 3.53. The molecule has 4 rings (SSSR count). The van der Waals surface area contributed by atoms with E-state index < -0.39 is 5.60 Å². The number of oxime groups is 1. The lowest BCUT2D eigenvalue weighted by Gasteiger charge is -2.27. The summed E-state index contributed by atoms with van der Waals surface area (Å²) in [5.41, 5.74) is 2.98. The number of amides is 2. The number of carbonyl (C=O) groups excluding carboxylic acids is 2.